The minimum atomic E-state index is -0.0639. The topological polar surface area (TPSA) is 62.2 Å². The van der Waals surface area contributed by atoms with Gasteiger partial charge in [-0.25, -0.2) is 0 Å². The van der Waals surface area contributed by atoms with E-state index in [0.29, 0.717) is 24.1 Å². The number of hydrogen-bond donors (Lipinski definition) is 2. The molecule has 1 aliphatic carbocycles. The fourth-order valence-electron chi connectivity index (χ4n) is 5.11. The highest BCUT2D eigenvalue weighted by atomic mass is 32.1. The van der Waals surface area contributed by atoms with Crippen molar-refractivity contribution in [3.63, 3.8) is 0 Å². The summed E-state index contributed by atoms with van der Waals surface area (Å²) in [5.41, 5.74) is 3.00. The molecular formula is C26H29N5OS. The molecule has 3 aromatic rings. The first-order valence-electron chi connectivity index (χ1n) is 11.7. The normalized spacial score (nSPS) is 20.7. The van der Waals surface area contributed by atoms with E-state index in [-0.39, 0.29) is 18.0 Å². The number of thiocarbonyl (C=S) groups is 1. The highest BCUT2D eigenvalue weighted by Crippen LogP contribution is 2.41. The third kappa shape index (κ3) is 4.64. The van der Waals surface area contributed by atoms with E-state index in [1.807, 2.05) is 54.7 Å². The predicted octanol–water partition coefficient (Wildman–Crippen LogP) is 5.00. The Bertz CT molecular complexity index is 1090. The minimum Gasteiger partial charge on any atom is -0.352 e. The van der Waals surface area contributed by atoms with E-state index in [2.05, 4.69) is 43.4 Å². The Morgan fingerprint density at radius 3 is 2.61 bits per heavy atom. The molecule has 0 bridgehead atoms. The second-order valence-corrected chi connectivity index (χ2v) is 9.15. The van der Waals surface area contributed by atoms with Crippen LogP contribution < -0.4 is 10.6 Å². The maximum atomic E-state index is 12.7. The van der Waals surface area contributed by atoms with E-state index in [1.54, 1.807) is 0 Å². The standard InChI is InChI=1S/C26H29N5OS/c32-23(28-19-9-2-1-3-10-19)15-18-31-25(22-14-8-17-30(22)20-11-4-5-12-20)24(29-26(31)33)21-13-6-7-16-27-21/h1-3,6-10,13-14,16-17,20,24-25H,4-5,11-12,15,18H2,(H,28,32)(H,29,33). The Labute approximate surface area is 200 Å². The molecule has 2 aromatic heterocycles. The van der Waals surface area contributed by atoms with Gasteiger partial charge in [-0.2, -0.15) is 0 Å². The van der Waals surface area contributed by atoms with Gasteiger partial charge >= 0.3 is 0 Å². The number of carbonyl (C=O) groups excluding carboxylic acids is 1. The third-order valence-electron chi connectivity index (χ3n) is 6.67. The molecule has 2 unspecified atom stereocenters. The first-order valence-corrected chi connectivity index (χ1v) is 12.1. The van der Waals surface area contributed by atoms with Gasteiger partial charge in [0.25, 0.3) is 0 Å². The van der Waals surface area contributed by atoms with Gasteiger partial charge in [-0.15, -0.1) is 0 Å². The molecular weight excluding hydrogens is 430 g/mol. The lowest BCUT2D eigenvalue weighted by Gasteiger charge is -2.30. The first kappa shape index (κ1) is 21.6. The summed E-state index contributed by atoms with van der Waals surface area (Å²) in [4.78, 5) is 19.5. The molecule has 170 valence electrons. The maximum absolute atomic E-state index is 12.7. The average molecular weight is 460 g/mol. The number of hydrogen-bond acceptors (Lipinski definition) is 3. The summed E-state index contributed by atoms with van der Waals surface area (Å²) in [5.74, 6) is -0.0183. The lowest BCUT2D eigenvalue weighted by Crippen LogP contribution is -2.33. The summed E-state index contributed by atoms with van der Waals surface area (Å²) in [6.45, 7) is 0.536. The second-order valence-electron chi connectivity index (χ2n) is 8.76. The van der Waals surface area contributed by atoms with Gasteiger partial charge in [0.15, 0.2) is 5.11 Å². The Kier molecular flexibility index (Phi) is 6.39. The molecule has 6 nitrogen and oxygen atoms in total. The molecule has 0 spiro atoms. The van der Waals surface area contributed by atoms with Crippen LogP contribution in [0.1, 0.15) is 61.6 Å². The van der Waals surface area contributed by atoms with Crippen molar-refractivity contribution in [3.8, 4) is 0 Å². The van der Waals surface area contributed by atoms with E-state index < -0.39 is 0 Å². The van der Waals surface area contributed by atoms with Gasteiger partial charge in [0, 0.05) is 42.8 Å². The molecule has 7 heteroatoms. The van der Waals surface area contributed by atoms with Crippen LogP contribution >= 0.6 is 12.2 Å². The molecule has 1 amide bonds. The molecule has 1 aromatic carbocycles. The second kappa shape index (κ2) is 9.75. The summed E-state index contributed by atoms with van der Waals surface area (Å²) in [6, 6.07) is 20.3. The van der Waals surface area contributed by atoms with Gasteiger partial charge in [-0.1, -0.05) is 37.1 Å². The number of rotatable bonds is 7. The molecule has 0 radical (unpaired) electrons. The van der Waals surface area contributed by atoms with Gasteiger partial charge in [0.1, 0.15) is 0 Å². The van der Waals surface area contributed by atoms with E-state index in [1.165, 1.54) is 31.4 Å². The number of pyridine rings is 1. The molecule has 1 saturated heterocycles. The zero-order chi connectivity index (χ0) is 22.6. The Hall–Kier alpha value is -3.19. The van der Waals surface area contributed by atoms with Crippen molar-refractivity contribution >= 4 is 28.9 Å². The Balaban J connectivity index is 1.40. The van der Waals surface area contributed by atoms with Crippen molar-refractivity contribution in [1.29, 1.82) is 0 Å². The number of benzene rings is 1. The summed E-state index contributed by atoms with van der Waals surface area (Å²) in [6.07, 6.45) is 9.34. The number of carbonyl (C=O) groups is 1. The van der Waals surface area contributed by atoms with Crippen LogP contribution in [0.15, 0.2) is 73.1 Å². The quantitative estimate of drug-likeness (QED) is 0.487. The summed E-state index contributed by atoms with van der Waals surface area (Å²) in [7, 11) is 0. The number of amides is 1. The largest absolute Gasteiger partial charge is 0.352 e. The minimum absolute atomic E-state index is 0.0183. The smallest absolute Gasteiger partial charge is 0.226 e. The molecule has 2 aliphatic rings. The average Bonchev–Trinajstić information content (AvgIpc) is 3.59. The van der Waals surface area contributed by atoms with Crippen LogP contribution in [0.3, 0.4) is 0 Å². The number of para-hydroxylation sites is 1. The van der Waals surface area contributed by atoms with Crippen molar-refractivity contribution in [2.45, 2.75) is 50.2 Å². The number of nitrogens with one attached hydrogen (secondary N) is 2. The van der Waals surface area contributed by atoms with E-state index in [4.69, 9.17) is 12.2 Å². The highest BCUT2D eigenvalue weighted by molar-refractivity contribution is 7.80. The Morgan fingerprint density at radius 2 is 1.85 bits per heavy atom. The van der Waals surface area contributed by atoms with Crippen LogP contribution in [0.4, 0.5) is 5.69 Å². The molecule has 1 aliphatic heterocycles. The fraction of sp³-hybridized carbons (Fsp3) is 0.346. The summed E-state index contributed by atoms with van der Waals surface area (Å²) in [5, 5.41) is 7.15. The van der Waals surface area contributed by atoms with Gasteiger partial charge in [-0.3, -0.25) is 9.78 Å². The Morgan fingerprint density at radius 1 is 1.06 bits per heavy atom. The molecule has 1 saturated carbocycles. The van der Waals surface area contributed by atoms with Crippen molar-refractivity contribution in [2.75, 3.05) is 11.9 Å². The first-order chi connectivity index (χ1) is 16.2. The predicted molar refractivity (Wildman–Crippen MR) is 134 cm³/mol. The number of nitrogens with zero attached hydrogens (tertiary/aromatic N) is 3. The van der Waals surface area contributed by atoms with Crippen LogP contribution in [0.25, 0.3) is 0 Å². The summed E-state index contributed by atoms with van der Waals surface area (Å²) < 4.78 is 2.43. The molecule has 2 N–H and O–H groups in total. The monoisotopic (exact) mass is 459 g/mol. The highest BCUT2D eigenvalue weighted by Gasteiger charge is 2.41. The fourth-order valence-corrected chi connectivity index (χ4v) is 5.44. The van der Waals surface area contributed by atoms with Crippen molar-refractivity contribution in [2.24, 2.45) is 0 Å². The lowest BCUT2D eigenvalue weighted by atomic mass is 10.0. The van der Waals surface area contributed by atoms with Crippen LogP contribution in [-0.4, -0.2) is 32.0 Å². The molecule has 2 atom stereocenters. The van der Waals surface area contributed by atoms with E-state index in [9.17, 15) is 4.79 Å². The molecule has 5 rings (SSSR count). The number of aromatic nitrogens is 2. The SMILES string of the molecule is O=C(CCN1C(=S)NC(c2ccccn2)C1c1cccn1C1CCCC1)Nc1ccccc1. The van der Waals surface area contributed by atoms with Gasteiger partial charge in [0.05, 0.1) is 17.8 Å². The zero-order valence-electron chi connectivity index (χ0n) is 18.6. The molecule has 2 fully saturated rings. The molecule has 3 heterocycles. The van der Waals surface area contributed by atoms with Crippen molar-refractivity contribution in [3.05, 3.63) is 84.4 Å². The van der Waals surface area contributed by atoms with Crippen molar-refractivity contribution < 1.29 is 4.79 Å². The zero-order valence-corrected chi connectivity index (χ0v) is 19.4. The number of anilines is 1. The van der Waals surface area contributed by atoms with Gasteiger partial charge < -0.3 is 20.1 Å². The molecule has 33 heavy (non-hydrogen) atoms. The van der Waals surface area contributed by atoms with Crippen LogP contribution in [0.5, 0.6) is 0 Å². The van der Waals surface area contributed by atoms with Crippen LogP contribution in [0, 0.1) is 0 Å². The van der Waals surface area contributed by atoms with Gasteiger partial charge in [0.2, 0.25) is 5.91 Å². The van der Waals surface area contributed by atoms with Crippen molar-refractivity contribution in [1.82, 2.24) is 19.8 Å². The van der Waals surface area contributed by atoms with Gasteiger partial charge in [-0.05, 0) is 61.5 Å². The van der Waals surface area contributed by atoms with E-state index >= 15 is 0 Å². The third-order valence-corrected chi connectivity index (χ3v) is 7.02. The lowest BCUT2D eigenvalue weighted by molar-refractivity contribution is -0.116. The van der Waals surface area contributed by atoms with Crippen LogP contribution in [0.2, 0.25) is 0 Å². The van der Waals surface area contributed by atoms with Crippen LogP contribution in [-0.2, 0) is 4.79 Å². The maximum Gasteiger partial charge on any atom is 0.226 e. The summed E-state index contributed by atoms with van der Waals surface area (Å²) >= 11 is 5.77. The van der Waals surface area contributed by atoms with E-state index in [0.717, 1.165) is 11.4 Å².